The molecule has 19 heavy (non-hydrogen) atoms. The van der Waals surface area contributed by atoms with Gasteiger partial charge in [-0.25, -0.2) is 4.98 Å². The Kier molecular flexibility index (Phi) is 2.15. The first-order chi connectivity index (χ1) is 9.33. The molecule has 0 spiro atoms. The predicted octanol–water partition coefficient (Wildman–Crippen LogP) is 3.21. The first kappa shape index (κ1) is 10.6. The highest BCUT2D eigenvalue weighted by atomic mass is 15.1. The smallest absolute Gasteiger partial charge is 0.140 e. The molecule has 0 saturated carbocycles. The predicted molar refractivity (Wildman–Crippen MR) is 78.3 cm³/mol. The van der Waals surface area contributed by atoms with Gasteiger partial charge in [0.1, 0.15) is 5.82 Å². The van der Waals surface area contributed by atoms with E-state index in [1.165, 1.54) is 16.8 Å². The third-order valence-corrected chi connectivity index (χ3v) is 3.85. The van der Waals surface area contributed by atoms with Crippen molar-refractivity contribution in [3.8, 4) is 11.4 Å². The highest BCUT2D eigenvalue weighted by molar-refractivity contribution is 5.86. The van der Waals surface area contributed by atoms with Gasteiger partial charge in [-0.1, -0.05) is 30.3 Å². The van der Waals surface area contributed by atoms with Crippen molar-refractivity contribution < 1.29 is 0 Å². The minimum atomic E-state index is 1.03. The Morgan fingerprint density at radius 1 is 1.16 bits per heavy atom. The minimum Gasteiger partial charge on any atom is -0.384 e. The summed E-state index contributed by atoms with van der Waals surface area (Å²) in [4.78, 5) is 4.78. The summed E-state index contributed by atoms with van der Waals surface area (Å²) in [6, 6.07) is 14.8. The molecule has 0 aliphatic carbocycles. The second kappa shape index (κ2) is 3.85. The van der Waals surface area contributed by atoms with E-state index in [0.29, 0.717) is 0 Å². The number of hydrogen-bond donors (Lipinski definition) is 1. The zero-order valence-corrected chi connectivity index (χ0v) is 10.9. The molecule has 1 aromatic heterocycles. The maximum Gasteiger partial charge on any atom is 0.140 e. The van der Waals surface area contributed by atoms with Crippen LogP contribution in [0.3, 0.4) is 0 Å². The van der Waals surface area contributed by atoms with E-state index in [1.807, 2.05) is 6.07 Å². The number of nitrogens with zero attached hydrogens (tertiary/aromatic N) is 2. The third-order valence-electron chi connectivity index (χ3n) is 3.85. The first-order valence-electron chi connectivity index (χ1n) is 6.61. The van der Waals surface area contributed by atoms with E-state index in [4.69, 9.17) is 4.98 Å². The van der Waals surface area contributed by atoms with Crippen LogP contribution in [-0.4, -0.2) is 16.1 Å². The molecule has 0 atom stereocenters. The van der Waals surface area contributed by atoms with Gasteiger partial charge in [0.25, 0.3) is 0 Å². The fourth-order valence-electron chi connectivity index (χ4n) is 2.83. The Bertz CT molecular complexity index is 757. The van der Waals surface area contributed by atoms with Crippen LogP contribution in [0.15, 0.2) is 42.5 Å². The van der Waals surface area contributed by atoms with Crippen LogP contribution in [0.1, 0.15) is 5.56 Å². The van der Waals surface area contributed by atoms with Crippen LogP contribution in [0, 0.1) is 0 Å². The summed E-state index contributed by atoms with van der Waals surface area (Å²) in [7, 11) is 2.09. The van der Waals surface area contributed by atoms with Crippen LogP contribution in [0.2, 0.25) is 0 Å². The average molecular weight is 249 g/mol. The van der Waals surface area contributed by atoms with Crippen molar-refractivity contribution in [2.24, 2.45) is 7.05 Å². The van der Waals surface area contributed by atoms with E-state index in [-0.39, 0.29) is 0 Å². The molecule has 1 aliphatic heterocycles. The van der Waals surface area contributed by atoms with Crippen molar-refractivity contribution in [2.75, 3.05) is 11.9 Å². The van der Waals surface area contributed by atoms with Crippen molar-refractivity contribution in [3.05, 3.63) is 48.0 Å². The Labute approximate surface area is 111 Å². The number of rotatable bonds is 1. The summed E-state index contributed by atoms with van der Waals surface area (Å²) in [6.07, 6.45) is 1.11. The summed E-state index contributed by atoms with van der Waals surface area (Å²) >= 11 is 0. The molecule has 0 unspecified atom stereocenters. The van der Waals surface area contributed by atoms with Gasteiger partial charge in [0, 0.05) is 24.8 Å². The zero-order chi connectivity index (χ0) is 12.8. The SMILES string of the molecule is Cn1c(-c2ccccc2)nc2cc3c(cc21)CCN3. The number of imidazole rings is 1. The largest absolute Gasteiger partial charge is 0.384 e. The fourth-order valence-corrected chi connectivity index (χ4v) is 2.83. The lowest BCUT2D eigenvalue weighted by Gasteiger charge is -2.03. The topological polar surface area (TPSA) is 29.9 Å². The van der Waals surface area contributed by atoms with Gasteiger partial charge < -0.3 is 9.88 Å². The molecule has 2 aromatic carbocycles. The van der Waals surface area contributed by atoms with Gasteiger partial charge in [-0.2, -0.15) is 0 Å². The molecule has 0 saturated heterocycles. The summed E-state index contributed by atoms with van der Waals surface area (Å²) in [6.45, 7) is 1.04. The molecule has 1 aliphatic rings. The number of hydrogen-bond acceptors (Lipinski definition) is 2. The van der Waals surface area contributed by atoms with Crippen LogP contribution in [-0.2, 0) is 13.5 Å². The molecule has 3 aromatic rings. The molecular formula is C16H15N3. The van der Waals surface area contributed by atoms with Crippen LogP contribution < -0.4 is 5.32 Å². The number of anilines is 1. The fraction of sp³-hybridized carbons (Fsp3) is 0.188. The van der Waals surface area contributed by atoms with Gasteiger partial charge in [-0.05, 0) is 24.1 Å². The number of nitrogens with one attached hydrogen (secondary N) is 1. The van der Waals surface area contributed by atoms with Crippen molar-refractivity contribution in [1.29, 1.82) is 0 Å². The Morgan fingerprint density at radius 3 is 2.84 bits per heavy atom. The third kappa shape index (κ3) is 1.55. The molecule has 3 nitrogen and oxygen atoms in total. The van der Waals surface area contributed by atoms with Crippen molar-refractivity contribution in [1.82, 2.24) is 9.55 Å². The van der Waals surface area contributed by atoms with E-state index in [0.717, 1.165) is 29.9 Å². The van der Waals surface area contributed by atoms with E-state index in [2.05, 4.69) is 53.3 Å². The lowest BCUT2D eigenvalue weighted by atomic mass is 10.1. The molecule has 2 heterocycles. The van der Waals surface area contributed by atoms with Crippen LogP contribution in [0.5, 0.6) is 0 Å². The maximum atomic E-state index is 4.78. The van der Waals surface area contributed by atoms with E-state index in [9.17, 15) is 0 Å². The van der Waals surface area contributed by atoms with Gasteiger partial charge in [0.05, 0.1) is 11.0 Å². The van der Waals surface area contributed by atoms with Gasteiger partial charge in [0.15, 0.2) is 0 Å². The van der Waals surface area contributed by atoms with E-state index in [1.54, 1.807) is 0 Å². The monoisotopic (exact) mass is 249 g/mol. The Morgan fingerprint density at radius 2 is 2.00 bits per heavy atom. The van der Waals surface area contributed by atoms with Gasteiger partial charge in [-0.15, -0.1) is 0 Å². The normalized spacial score (nSPS) is 13.5. The summed E-state index contributed by atoms with van der Waals surface area (Å²) < 4.78 is 2.18. The number of aryl methyl sites for hydroxylation is 1. The summed E-state index contributed by atoms with van der Waals surface area (Å²) in [5.41, 5.74) is 6.07. The van der Waals surface area contributed by atoms with Crippen LogP contribution >= 0.6 is 0 Å². The molecule has 0 bridgehead atoms. The molecule has 4 rings (SSSR count). The van der Waals surface area contributed by atoms with Crippen molar-refractivity contribution >= 4 is 16.7 Å². The summed E-state index contributed by atoms with van der Waals surface area (Å²) in [5, 5.41) is 3.41. The lowest BCUT2D eigenvalue weighted by molar-refractivity contribution is 0.958. The zero-order valence-electron chi connectivity index (χ0n) is 10.9. The van der Waals surface area contributed by atoms with Gasteiger partial charge in [-0.3, -0.25) is 0 Å². The molecule has 0 radical (unpaired) electrons. The van der Waals surface area contributed by atoms with Crippen molar-refractivity contribution in [3.63, 3.8) is 0 Å². The minimum absolute atomic E-state index is 1.03. The van der Waals surface area contributed by atoms with Crippen LogP contribution in [0.25, 0.3) is 22.4 Å². The number of aromatic nitrogens is 2. The highest BCUT2D eigenvalue weighted by Gasteiger charge is 2.15. The molecule has 0 fully saturated rings. The van der Waals surface area contributed by atoms with Crippen molar-refractivity contribution in [2.45, 2.75) is 6.42 Å². The standard InChI is InChI=1S/C16H15N3/c1-19-15-9-12-7-8-17-13(12)10-14(15)18-16(19)11-5-3-2-4-6-11/h2-6,9-10,17H,7-8H2,1H3. The number of benzene rings is 2. The second-order valence-electron chi connectivity index (χ2n) is 5.04. The average Bonchev–Trinajstić information content (AvgIpc) is 3.02. The second-order valence-corrected chi connectivity index (χ2v) is 5.04. The molecule has 1 N–H and O–H groups in total. The first-order valence-corrected chi connectivity index (χ1v) is 6.61. The van der Waals surface area contributed by atoms with E-state index < -0.39 is 0 Å². The quantitative estimate of drug-likeness (QED) is 0.717. The Hall–Kier alpha value is -2.29. The number of fused-ring (bicyclic) bond motifs is 2. The Balaban J connectivity index is 1.97. The summed E-state index contributed by atoms with van der Waals surface area (Å²) in [5.74, 6) is 1.03. The molecular weight excluding hydrogens is 234 g/mol. The van der Waals surface area contributed by atoms with Gasteiger partial charge in [0.2, 0.25) is 0 Å². The molecule has 3 heteroatoms. The van der Waals surface area contributed by atoms with Crippen LogP contribution in [0.4, 0.5) is 5.69 Å². The lowest BCUT2D eigenvalue weighted by Crippen LogP contribution is -1.92. The maximum absolute atomic E-state index is 4.78. The van der Waals surface area contributed by atoms with E-state index >= 15 is 0 Å². The van der Waals surface area contributed by atoms with Gasteiger partial charge >= 0.3 is 0 Å². The molecule has 94 valence electrons. The molecule has 0 amide bonds. The highest BCUT2D eigenvalue weighted by Crippen LogP contribution is 2.30.